The number of carbonyl (C=O) groups is 3. The van der Waals surface area contributed by atoms with Crippen LogP contribution in [0.2, 0.25) is 0 Å². The van der Waals surface area contributed by atoms with E-state index in [4.69, 9.17) is 5.11 Å². The molecule has 1 aliphatic carbocycles. The Morgan fingerprint density at radius 2 is 1.81 bits per heavy atom. The third kappa shape index (κ3) is 5.02. The first-order chi connectivity index (χ1) is 9.56. The highest BCUT2D eigenvalue weighted by atomic mass is 16.4. The van der Waals surface area contributed by atoms with E-state index in [-0.39, 0.29) is 23.7 Å². The molecule has 0 heterocycles. The average molecular weight is 298 g/mol. The highest BCUT2D eigenvalue weighted by Gasteiger charge is 2.39. The number of nitrogens with one attached hydrogen (secondary N) is 2. The Hall–Kier alpha value is -1.59. The number of aliphatic carboxylic acids is 1. The Morgan fingerprint density at radius 1 is 1.24 bits per heavy atom. The van der Waals surface area contributed by atoms with Crippen LogP contribution in [0.25, 0.3) is 0 Å². The minimum absolute atomic E-state index is 0.0794. The summed E-state index contributed by atoms with van der Waals surface area (Å²) >= 11 is 0. The van der Waals surface area contributed by atoms with Gasteiger partial charge in [-0.25, -0.2) is 0 Å². The molecule has 1 saturated carbocycles. The quantitative estimate of drug-likeness (QED) is 0.688. The molecule has 1 fully saturated rings. The zero-order valence-corrected chi connectivity index (χ0v) is 13.3. The van der Waals surface area contributed by atoms with E-state index in [9.17, 15) is 14.4 Å². The van der Waals surface area contributed by atoms with Crippen molar-refractivity contribution in [2.24, 2.45) is 10.8 Å². The molecule has 0 aromatic heterocycles. The van der Waals surface area contributed by atoms with Crippen molar-refractivity contribution in [1.29, 1.82) is 0 Å². The molecule has 21 heavy (non-hydrogen) atoms. The van der Waals surface area contributed by atoms with Crippen molar-refractivity contribution >= 4 is 17.8 Å². The fraction of sp³-hybridized carbons (Fsp3) is 0.800. The van der Waals surface area contributed by atoms with E-state index in [0.717, 1.165) is 19.3 Å². The number of amides is 2. The molecular formula is C15H26N2O4. The fourth-order valence-corrected chi connectivity index (χ4v) is 2.32. The molecule has 3 N–H and O–H groups in total. The van der Waals surface area contributed by atoms with Crippen LogP contribution in [0.4, 0.5) is 0 Å². The van der Waals surface area contributed by atoms with Crippen LogP contribution in [0, 0.1) is 10.8 Å². The van der Waals surface area contributed by atoms with E-state index < -0.39 is 17.4 Å². The lowest BCUT2D eigenvalue weighted by Gasteiger charge is -2.41. The third-order valence-corrected chi connectivity index (χ3v) is 4.00. The van der Waals surface area contributed by atoms with Gasteiger partial charge in [0.25, 0.3) is 0 Å². The van der Waals surface area contributed by atoms with E-state index in [1.807, 2.05) is 0 Å². The van der Waals surface area contributed by atoms with Crippen LogP contribution in [0.5, 0.6) is 0 Å². The van der Waals surface area contributed by atoms with Gasteiger partial charge in [-0.15, -0.1) is 0 Å². The van der Waals surface area contributed by atoms with Gasteiger partial charge in [-0.1, -0.05) is 27.2 Å². The topological polar surface area (TPSA) is 95.5 Å². The monoisotopic (exact) mass is 298 g/mol. The first-order valence-electron chi connectivity index (χ1n) is 7.36. The summed E-state index contributed by atoms with van der Waals surface area (Å²) in [5.41, 5.74) is -0.859. The second kappa shape index (κ2) is 6.45. The SMILES string of the molecule is CC(NC(=O)C(C)(C)C)C(=O)NCC1(CC(=O)O)CCC1. The minimum atomic E-state index is -0.835. The van der Waals surface area contributed by atoms with E-state index in [2.05, 4.69) is 10.6 Å². The summed E-state index contributed by atoms with van der Waals surface area (Å²) in [7, 11) is 0. The Balaban J connectivity index is 2.46. The Bertz CT molecular complexity index is 422. The van der Waals surface area contributed by atoms with Crippen molar-refractivity contribution < 1.29 is 19.5 Å². The first kappa shape index (κ1) is 17.5. The fourth-order valence-electron chi connectivity index (χ4n) is 2.32. The second-order valence-electron chi connectivity index (χ2n) is 7.09. The van der Waals surface area contributed by atoms with Crippen LogP contribution in [0.1, 0.15) is 53.4 Å². The van der Waals surface area contributed by atoms with Gasteiger partial charge in [0.15, 0.2) is 0 Å². The van der Waals surface area contributed by atoms with Gasteiger partial charge in [-0.3, -0.25) is 14.4 Å². The lowest BCUT2D eigenvalue weighted by molar-refractivity contribution is -0.142. The predicted molar refractivity (Wildman–Crippen MR) is 78.6 cm³/mol. The van der Waals surface area contributed by atoms with Crippen LogP contribution in [-0.2, 0) is 14.4 Å². The van der Waals surface area contributed by atoms with Gasteiger partial charge < -0.3 is 15.7 Å². The molecule has 0 aromatic rings. The van der Waals surface area contributed by atoms with E-state index >= 15 is 0 Å². The molecule has 1 unspecified atom stereocenters. The molecule has 0 spiro atoms. The van der Waals surface area contributed by atoms with Crippen LogP contribution in [0.3, 0.4) is 0 Å². The average Bonchev–Trinajstić information content (AvgIpc) is 2.30. The largest absolute Gasteiger partial charge is 0.481 e. The van der Waals surface area contributed by atoms with Crippen LogP contribution in [0.15, 0.2) is 0 Å². The zero-order chi connectivity index (χ0) is 16.3. The maximum atomic E-state index is 12.0. The third-order valence-electron chi connectivity index (χ3n) is 4.00. The van der Waals surface area contributed by atoms with Gasteiger partial charge in [0.05, 0.1) is 6.42 Å². The van der Waals surface area contributed by atoms with Crippen LogP contribution in [-0.4, -0.2) is 35.5 Å². The lowest BCUT2D eigenvalue weighted by atomic mass is 9.66. The normalized spacial score (nSPS) is 18.3. The molecule has 120 valence electrons. The number of carboxylic acid groups (broad SMARTS) is 1. The van der Waals surface area contributed by atoms with Gasteiger partial charge in [-0.2, -0.15) is 0 Å². The summed E-state index contributed by atoms with van der Waals surface area (Å²) in [5.74, 6) is -1.30. The summed E-state index contributed by atoms with van der Waals surface area (Å²) in [6, 6.07) is -0.626. The standard InChI is InChI=1S/C15H26N2O4/c1-10(17-13(21)14(2,3)4)12(20)16-9-15(6-5-7-15)8-11(18)19/h10H,5-9H2,1-4H3,(H,16,20)(H,17,21)(H,18,19). The van der Waals surface area contributed by atoms with Crippen molar-refractivity contribution in [3.05, 3.63) is 0 Å². The Morgan fingerprint density at radius 3 is 2.19 bits per heavy atom. The molecule has 2 amide bonds. The van der Waals surface area contributed by atoms with Crippen LogP contribution < -0.4 is 10.6 Å². The first-order valence-corrected chi connectivity index (χ1v) is 7.36. The molecule has 0 bridgehead atoms. The van der Waals surface area contributed by atoms with Gasteiger partial charge >= 0.3 is 5.97 Å². The summed E-state index contributed by atoms with van der Waals surface area (Å²) in [6.07, 6.45) is 2.72. The second-order valence-corrected chi connectivity index (χ2v) is 7.09. The van der Waals surface area contributed by atoms with Gasteiger partial charge in [0.1, 0.15) is 6.04 Å². The van der Waals surface area contributed by atoms with Gasteiger partial charge in [-0.05, 0) is 25.2 Å². The van der Waals surface area contributed by atoms with E-state index in [1.165, 1.54) is 0 Å². The summed E-state index contributed by atoms with van der Waals surface area (Å²) in [5, 5.41) is 14.4. The molecule has 1 rings (SSSR count). The molecule has 0 aliphatic heterocycles. The highest BCUT2D eigenvalue weighted by Crippen LogP contribution is 2.43. The molecule has 6 nitrogen and oxygen atoms in total. The predicted octanol–water partition coefficient (Wildman–Crippen LogP) is 1.30. The molecule has 6 heteroatoms. The van der Waals surface area contributed by atoms with Crippen molar-refractivity contribution in [3.8, 4) is 0 Å². The highest BCUT2D eigenvalue weighted by molar-refractivity contribution is 5.89. The molecule has 1 aliphatic rings. The molecular weight excluding hydrogens is 272 g/mol. The maximum Gasteiger partial charge on any atom is 0.303 e. The summed E-state index contributed by atoms with van der Waals surface area (Å²) in [4.78, 5) is 34.7. The molecule has 1 atom stereocenters. The number of carbonyl (C=O) groups excluding carboxylic acids is 2. The minimum Gasteiger partial charge on any atom is -0.481 e. The molecule has 0 saturated heterocycles. The Labute approximate surface area is 125 Å². The van der Waals surface area contributed by atoms with Gasteiger partial charge in [0, 0.05) is 12.0 Å². The zero-order valence-electron chi connectivity index (χ0n) is 13.3. The number of rotatable bonds is 6. The summed E-state index contributed by atoms with van der Waals surface area (Å²) in [6.45, 7) is 7.33. The van der Waals surface area contributed by atoms with Crippen molar-refractivity contribution in [2.45, 2.75) is 59.4 Å². The maximum absolute atomic E-state index is 12.0. The molecule has 0 aromatic carbocycles. The van der Waals surface area contributed by atoms with E-state index in [1.54, 1.807) is 27.7 Å². The van der Waals surface area contributed by atoms with Crippen molar-refractivity contribution in [3.63, 3.8) is 0 Å². The number of hydrogen-bond donors (Lipinski definition) is 3. The smallest absolute Gasteiger partial charge is 0.303 e. The van der Waals surface area contributed by atoms with Crippen LogP contribution >= 0.6 is 0 Å². The van der Waals surface area contributed by atoms with Crippen molar-refractivity contribution in [2.75, 3.05) is 6.54 Å². The number of carboxylic acids is 1. The van der Waals surface area contributed by atoms with Crippen molar-refractivity contribution in [1.82, 2.24) is 10.6 Å². The summed E-state index contributed by atoms with van der Waals surface area (Å²) < 4.78 is 0. The molecule has 0 radical (unpaired) electrons. The Kier molecular flexibility index (Phi) is 5.36. The number of hydrogen-bond acceptors (Lipinski definition) is 3. The van der Waals surface area contributed by atoms with E-state index in [0.29, 0.717) is 6.54 Å². The van der Waals surface area contributed by atoms with Gasteiger partial charge in [0.2, 0.25) is 11.8 Å². The lowest BCUT2D eigenvalue weighted by Crippen LogP contribution is -2.51.